The van der Waals surface area contributed by atoms with Gasteiger partial charge in [0.15, 0.2) is 0 Å². The van der Waals surface area contributed by atoms with E-state index in [1.54, 1.807) is 4.90 Å². The Morgan fingerprint density at radius 1 is 0.688 bits per heavy atom. The topological polar surface area (TPSA) is 63.9 Å². The van der Waals surface area contributed by atoms with E-state index in [2.05, 4.69) is 0 Å². The van der Waals surface area contributed by atoms with Gasteiger partial charge in [0.05, 0.1) is 18.3 Å². The number of alkyl halides is 3. The molecule has 16 heavy (non-hydrogen) atoms. The second kappa shape index (κ2) is 9.71. The van der Waals surface area contributed by atoms with Crippen LogP contribution in [-0.2, 0) is 0 Å². The minimum absolute atomic E-state index is 0.102. The fourth-order valence-electron chi connectivity index (χ4n) is 1.26. The summed E-state index contributed by atoms with van der Waals surface area (Å²) in [6.07, 6.45) is -2.11. The molecule has 0 amide bonds. The smallest absolute Gasteiger partial charge is 0.0802 e. The van der Waals surface area contributed by atoms with Gasteiger partial charge in [-0.3, -0.25) is 4.90 Å². The fourth-order valence-corrected chi connectivity index (χ4v) is 1.56. The van der Waals surface area contributed by atoms with Gasteiger partial charge in [-0.25, -0.2) is 0 Å². The van der Waals surface area contributed by atoms with Crippen LogP contribution in [0.3, 0.4) is 0 Å². The molecule has 0 aliphatic carbocycles. The van der Waals surface area contributed by atoms with Crippen LogP contribution < -0.4 is 0 Å². The van der Waals surface area contributed by atoms with Crippen molar-refractivity contribution in [2.75, 3.05) is 37.3 Å². The highest BCUT2D eigenvalue weighted by atomic mass is 35.5. The summed E-state index contributed by atoms with van der Waals surface area (Å²) in [5.41, 5.74) is 0. The molecule has 0 spiro atoms. The number of nitrogens with zero attached hydrogens (tertiary/aromatic N) is 1. The third kappa shape index (κ3) is 7.90. The Bertz CT molecular complexity index is 148. The molecule has 3 N–H and O–H groups in total. The number of aliphatic hydroxyl groups is 3. The first-order valence-corrected chi connectivity index (χ1v) is 6.58. The van der Waals surface area contributed by atoms with Gasteiger partial charge in [0.2, 0.25) is 0 Å². The van der Waals surface area contributed by atoms with Crippen molar-refractivity contribution in [3.63, 3.8) is 0 Å². The zero-order chi connectivity index (χ0) is 12.6. The second-order valence-corrected chi connectivity index (χ2v) is 4.57. The minimum Gasteiger partial charge on any atom is -0.391 e. The van der Waals surface area contributed by atoms with Crippen LogP contribution in [0.4, 0.5) is 0 Å². The van der Waals surface area contributed by atoms with E-state index in [9.17, 15) is 15.3 Å². The normalized spacial score (nSPS) is 17.4. The monoisotopic (exact) mass is 293 g/mol. The van der Waals surface area contributed by atoms with Crippen LogP contribution in [0.5, 0.6) is 0 Å². The van der Waals surface area contributed by atoms with Crippen molar-refractivity contribution in [3.05, 3.63) is 0 Å². The molecule has 0 aliphatic heterocycles. The van der Waals surface area contributed by atoms with Crippen molar-refractivity contribution in [3.8, 4) is 0 Å². The van der Waals surface area contributed by atoms with Crippen molar-refractivity contribution in [2.45, 2.75) is 18.3 Å². The largest absolute Gasteiger partial charge is 0.391 e. The maximum Gasteiger partial charge on any atom is 0.0802 e. The van der Waals surface area contributed by atoms with Crippen LogP contribution in [0, 0.1) is 0 Å². The lowest BCUT2D eigenvalue weighted by Gasteiger charge is -2.27. The summed E-state index contributed by atoms with van der Waals surface area (Å²) < 4.78 is 0. The number of halogens is 3. The molecule has 0 fully saturated rings. The van der Waals surface area contributed by atoms with Gasteiger partial charge in [0, 0.05) is 37.3 Å². The first kappa shape index (κ1) is 16.7. The van der Waals surface area contributed by atoms with Crippen molar-refractivity contribution in [1.29, 1.82) is 0 Å². The average molecular weight is 295 g/mol. The maximum absolute atomic E-state index is 9.40. The SMILES string of the molecule is OC(CCl)CN(CC(O)CCl)CC(O)CCl. The summed E-state index contributed by atoms with van der Waals surface area (Å²) >= 11 is 16.4. The quantitative estimate of drug-likeness (QED) is 0.527. The Balaban J connectivity index is 4.15. The second-order valence-electron chi connectivity index (χ2n) is 3.64. The van der Waals surface area contributed by atoms with Crippen molar-refractivity contribution >= 4 is 34.8 Å². The molecule has 0 aromatic rings. The molecule has 3 atom stereocenters. The number of hydrogen-bond donors (Lipinski definition) is 3. The Hall–Kier alpha value is 0.710. The van der Waals surface area contributed by atoms with E-state index in [1.165, 1.54) is 0 Å². The first-order valence-electron chi connectivity index (χ1n) is 4.97. The minimum atomic E-state index is -0.702. The van der Waals surface area contributed by atoms with Crippen LogP contribution >= 0.6 is 34.8 Å². The predicted molar refractivity (Wildman–Crippen MR) is 66.6 cm³/mol. The summed E-state index contributed by atoms with van der Waals surface area (Å²) in [5.74, 6) is 0.305. The zero-order valence-electron chi connectivity index (χ0n) is 8.90. The number of hydrogen-bond acceptors (Lipinski definition) is 4. The summed E-state index contributed by atoms with van der Waals surface area (Å²) in [6, 6.07) is 0. The van der Waals surface area contributed by atoms with Crippen molar-refractivity contribution in [2.24, 2.45) is 0 Å². The van der Waals surface area contributed by atoms with Crippen LogP contribution in [0.2, 0.25) is 0 Å². The number of rotatable bonds is 9. The first-order chi connectivity index (χ1) is 7.53. The third-order valence-corrected chi connectivity index (χ3v) is 3.01. The van der Waals surface area contributed by atoms with Gasteiger partial charge in [0.25, 0.3) is 0 Å². The number of aliphatic hydroxyl groups excluding tert-OH is 3. The Labute approximate surface area is 111 Å². The lowest BCUT2D eigenvalue weighted by atomic mass is 10.2. The molecule has 7 heteroatoms. The molecule has 4 nitrogen and oxygen atoms in total. The molecule has 0 saturated heterocycles. The molecule has 0 radical (unpaired) electrons. The van der Waals surface area contributed by atoms with E-state index < -0.39 is 18.3 Å². The highest BCUT2D eigenvalue weighted by molar-refractivity contribution is 6.18. The highest BCUT2D eigenvalue weighted by Gasteiger charge is 2.17. The summed E-state index contributed by atoms with van der Waals surface area (Å²) in [4.78, 5) is 1.69. The summed E-state index contributed by atoms with van der Waals surface area (Å²) in [7, 11) is 0. The third-order valence-electron chi connectivity index (χ3n) is 1.94. The fraction of sp³-hybridized carbons (Fsp3) is 1.00. The highest BCUT2D eigenvalue weighted by Crippen LogP contribution is 2.02. The molecule has 0 saturated carbocycles. The van der Waals surface area contributed by atoms with Gasteiger partial charge >= 0.3 is 0 Å². The van der Waals surface area contributed by atoms with E-state index in [1.807, 2.05) is 0 Å². The van der Waals surface area contributed by atoms with Crippen LogP contribution in [0.15, 0.2) is 0 Å². The van der Waals surface area contributed by atoms with Crippen molar-refractivity contribution < 1.29 is 15.3 Å². The molecular weight excluding hydrogens is 276 g/mol. The summed E-state index contributed by atoms with van der Waals surface area (Å²) in [5, 5.41) is 28.2. The van der Waals surface area contributed by atoms with E-state index >= 15 is 0 Å². The zero-order valence-corrected chi connectivity index (χ0v) is 11.2. The van der Waals surface area contributed by atoms with E-state index in [0.717, 1.165) is 0 Å². The Kier molecular flexibility index (Phi) is 10.1. The Morgan fingerprint density at radius 3 is 1.12 bits per heavy atom. The van der Waals surface area contributed by atoms with E-state index in [-0.39, 0.29) is 37.3 Å². The molecule has 0 aromatic carbocycles. The summed E-state index contributed by atoms with van der Waals surface area (Å²) in [6.45, 7) is 0.808. The van der Waals surface area contributed by atoms with Gasteiger partial charge in [-0.15, -0.1) is 34.8 Å². The molecule has 0 aliphatic rings. The lowest BCUT2D eigenvalue weighted by molar-refractivity contribution is 0.0556. The molecule has 0 aromatic heterocycles. The van der Waals surface area contributed by atoms with Crippen LogP contribution in [0.25, 0.3) is 0 Å². The average Bonchev–Trinajstić information content (AvgIpc) is 2.28. The van der Waals surface area contributed by atoms with E-state index in [4.69, 9.17) is 34.8 Å². The molecule has 0 rings (SSSR count). The lowest BCUT2D eigenvalue weighted by Crippen LogP contribution is -2.43. The predicted octanol–water partition coefficient (Wildman–Crippen LogP) is 0.0875. The van der Waals surface area contributed by atoms with E-state index in [0.29, 0.717) is 0 Å². The maximum atomic E-state index is 9.40. The van der Waals surface area contributed by atoms with Gasteiger partial charge in [-0.2, -0.15) is 0 Å². The van der Waals surface area contributed by atoms with Gasteiger partial charge in [-0.05, 0) is 0 Å². The molecule has 3 unspecified atom stereocenters. The van der Waals surface area contributed by atoms with Gasteiger partial charge < -0.3 is 15.3 Å². The van der Waals surface area contributed by atoms with Crippen LogP contribution in [0.1, 0.15) is 0 Å². The molecule has 0 heterocycles. The van der Waals surface area contributed by atoms with Gasteiger partial charge in [-0.1, -0.05) is 0 Å². The Morgan fingerprint density at radius 2 is 0.938 bits per heavy atom. The molecular formula is C9H18Cl3NO3. The molecule has 0 bridgehead atoms. The molecule has 98 valence electrons. The van der Waals surface area contributed by atoms with Gasteiger partial charge in [0.1, 0.15) is 0 Å². The standard InChI is InChI=1S/C9H18Cl3NO3/c10-1-7(14)4-13(5-8(15)2-11)6-9(16)3-12/h7-9,14-16H,1-6H2. The van der Waals surface area contributed by atoms with Crippen LogP contribution in [-0.4, -0.2) is 75.8 Å². The van der Waals surface area contributed by atoms with Crippen molar-refractivity contribution in [1.82, 2.24) is 4.90 Å².